The van der Waals surface area contributed by atoms with Crippen LogP contribution >= 0.6 is 12.4 Å². The number of anilines is 1. The number of halogens is 1. The van der Waals surface area contributed by atoms with Gasteiger partial charge in [0.25, 0.3) is 5.91 Å². The second-order valence-electron chi connectivity index (χ2n) is 6.87. The number of amides is 1. The minimum Gasteiger partial charge on any atom is -0.339 e. The molecular formula is C20H19ClN6O2. The van der Waals surface area contributed by atoms with Crippen LogP contribution in [0.5, 0.6) is 0 Å². The third-order valence-electron chi connectivity index (χ3n) is 4.97. The van der Waals surface area contributed by atoms with E-state index in [1.54, 1.807) is 10.6 Å². The summed E-state index contributed by atoms with van der Waals surface area (Å²) in [6.07, 6.45) is 3.39. The van der Waals surface area contributed by atoms with Crippen LogP contribution in [0.1, 0.15) is 27.9 Å². The summed E-state index contributed by atoms with van der Waals surface area (Å²) in [5, 5.41) is 10.3. The van der Waals surface area contributed by atoms with Gasteiger partial charge in [-0.05, 0) is 30.7 Å². The van der Waals surface area contributed by atoms with Crippen molar-refractivity contribution in [2.75, 3.05) is 18.4 Å². The molecule has 0 aliphatic carbocycles. The van der Waals surface area contributed by atoms with Gasteiger partial charge in [0.05, 0.1) is 12.1 Å². The molecular weight excluding hydrogens is 392 g/mol. The van der Waals surface area contributed by atoms with E-state index in [4.69, 9.17) is 4.52 Å². The maximum Gasteiger partial charge on any atom is 0.274 e. The van der Waals surface area contributed by atoms with Crippen molar-refractivity contribution in [1.29, 1.82) is 0 Å². The van der Waals surface area contributed by atoms with Crippen molar-refractivity contribution < 1.29 is 9.32 Å². The lowest BCUT2D eigenvalue weighted by atomic mass is 10.0. The smallest absolute Gasteiger partial charge is 0.274 e. The number of aromatic nitrogens is 4. The van der Waals surface area contributed by atoms with E-state index < -0.39 is 0 Å². The third kappa shape index (κ3) is 3.48. The van der Waals surface area contributed by atoms with E-state index in [1.165, 1.54) is 0 Å². The summed E-state index contributed by atoms with van der Waals surface area (Å²) in [5.41, 5.74) is 3.63. The van der Waals surface area contributed by atoms with Crippen molar-refractivity contribution in [3.05, 3.63) is 65.9 Å². The normalized spacial score (nSPS) is 13.7. The molecule has 0 saturated carbocycles. The monoisotopic (exact) mass is 410 g/mol. The first kappa shape index (κ1) is 19.1. The zero-order valence-electron chi connectivity index (χ0n) is 15.6. The van der Waals surface area contributed by atoms with Crippen LogP contribution < -0.4 is 10.6 Å². The molecule has 9 heteroatoms. The van der Waals surface area contributed by atoms with Gasteiger partial charge in [-0.2, -0.15) is 4.98 Å². The molecule has 29 heavy (non-hydrogen) atoms. The van der Waals surface area contributed by atoms with Gasteiger partial charge in [0.15, 0.2) is 0 Å². The molecule has 4 aromatic rings. The molecule has 0 bridgehead atoms. The molecule has 148 valence electrons. The molecule has 1 aliphatic heterocycles. The van der Waals surface area contributed by atoms with E-state index in [9.17, 15) is 4.79 Å². The van der Waals surface area contributed by atoms with E-state index in [0.29, 0.717) is 23.1 Å². The Hall–Kier alpha value is -3.23. The number of nitrogens with one attached hydrogen (secondary N) is 2. The Balaban J connectivity index is 0.00000205. The fourth-order valence-corrected chi connectivity index (χ4v) is 3.16. The van der Waals surface area contributed by atoms with Crippen molar-refractivity contribution in [1.82, 2.24) is 24.8 Å². The van der Waals surface area contributed by atoms with Gasteiger partial charge in [-0.1, -0.05) is 23.4 Å². The van der Waals surface area contributed by atoms with Gasteiger partial charge in [0, 0.05) is 30.5 Å². The predicted octanol–water partition coefficient (Wildman–Crippen LogP) is 3.05. The zero-order chi connectivity index (χ0) is 19.1. The first-order valence-corrected chi connectivity index (χ1v) is 9.08. The lowest BCUT2D eigenvalue weighted by Crippen LogP contribution is -2.40. The van der Waals surface area contributed by atoms with Crippen molar-refractivity contribution >= 4 is 29.6 Å². The summed E-state index contributed by atoms with van der Waals surface area (Å²) in [4.78, 5) is 21.6. The number of hydrogen-bond donors (Lipinski definition) is 2. The van der Waals surface area contributed by atoms with Crippen LogP contribution in [-0.4, -0.2) is 38.5 Å². The number of pyridine rings is 1. The van der Waals surface area contributed by atoms with Crippen molar-refractivity contribution in [3.63, 3.8) is 0 Å². The van der Waals surface area contributed by atoms with Crippen LogP contribution in [0.4, 0.5) is 5.69 Å². The quantitative estimate of drug-likeness (QED) is 0.536. The second-order valence-corrected chi connectivity index (χ2v) is 6.87. The van der Waals surface area contributed by atoms with Crippen LogP contribution in [0.2, 0.25) is 0 Å². The van der Waals surface area contributed by atoms with Gasteiger partial charge in [-0.3, -0.25) is 9.20 Å². The van der Waals surface area contributed by atoms with E-state index in [-0.39, 0.29) is 24.2 Å². The standard InChI is InChI=1S/C20H18N6O2.ClH/c1-12-5-6-13(18-24-20(28-25-18)14-9-21-10-14)8-15(12)23-19(27)16-11-22-17-4-2-3-7-26(16)17;/h2-8,11,14,21H,9-10H2,1H3,(H,23,27);1H. The van der Waals surface area contributed by atoms with Gasteiger partial charge in [-0.25, -0.2) is 4.98 Å². The maximum atomic E-state index is 12.8. The zero-order valence-corrected chi connectivity index (χ0v) is 16.4. The third-order valence-corrected chi connectivity index (χ3v) is 4.97. The number of benzene rings is 1. The first-order chi connectivity index (χ1) is 13.7. The highest BCUT2D eigenvalue weighted by atomic mass is 35.5. The van der Waals surface area contributed by atoms with Crippen molar-refractivity contribution in [3.8, 4) is 11.4 Å². The summed E-state index contributed by atoms with van der Waals surface area (Å²) in [6, 6.07) is 11.3. The van der Waals surface area contributed by atoms with Gasteiger partial charge < -0.3 is 15.2 Å². The van der Waals surface area contributed by atoms with Crippen LogP contribution in [0.15, 0.2) is 53.3 Å². The average Bonchev–Trinajstić information content (AvgIpc) is 3.29. The summed E-state index contributed by atoms with van der Waals surface area (Å²) in [7, 11) is 0. The summed E-state index contributed by atoms with van der Waals surface area (Å²) < 4.78 is 7.14. The van der Waals surface area contributed by atoms with E-state index in [0.717, 1.165) is 29.9 Å². The minimum atomic E-state index is -0.228. The number of imidazole rings is 1. The molecule has 0 atom stereocenters. The number of carbonyl (C=O) groups is 1. The topological polar surface area (TPSA) is 97.4 Å². The Morgan fingerprint density at radius 2 is 2.14 bits per heavy atom. The average molecular weight is 411 g/mol. The highest BCUT2D eigenvalue weighted by Gasteiger charge is 2.25. The number of fused-ring (bicyclic) bond motifs is 1. The largest absolute Gasteiger partial charge is 0.339 e. The van der Waals surface area contributed by atoms with Crippen LogP contribution in [0.25, 0.3) is 17.0 Å². The number of hydrogen-bond acceptors (Lipinski definition) is 6. The summed E-state index contributed by atoms with van der Waals surface area (Å²) in [6.45, 7) is 3.65. The maximum absolute atomic E-state index is 12.8. The molecule has 4 heterocycles. The second kappa shape index (κ2) is 7.65. The van der Waals surface area contributed by atoms with Crippen molar-refractivity contribution in [2.24, 2.45) is 0 Å². The molecule has 2 N–H and O–H groups in total. The lowest BCUT2D eigenvalue weighted by molar-refractivity contribution is 0.102. The molecule has 1 fully saturated rings. The van der Waals surface area contributed by atoms with Gasteiger partial charge in [0.1, 0.15) is 11.3 Å². The highest BCUT2D eigenvalue weighted by Crippen LogP contribution is 2.26. The van der Waals surface area contributed by atoms with Gasteiger partial charge in [0.2, 0.25) is 11.7 Å². The Morgan fingerprint density at radius 1 is 1.28 bits per heavy atom. The molecule has 1 aliphatic rings. The number of nitrogens with zero attached hydrogens (tertiary/aromatic N) is 4. The van der Waals surface area contributed by atoms with E-state index in [2.05, 4.69) is 25.8 Å². The summed E-state index contributed by atoms with van der Waals surface area (Å²) in [5.74, 6) is 1.21. The molecule has 1 aromatic carbocycles. The van der Waals surface area contributed by atoms with Gasteiger partial charge in [-0.15, -0.1) is 12.4 Å². The van der Waals surface area contributed by atoms with E-state index >= 15 is 0 Å². The predicted molar refractivity (Wildman–Crippen MR) is 110 cm³/mol. The molecule has 0 spiro atoms. The number of rotatable bonds is 4. The lowest BCUT2D eigenvalue weighted by Gasteiger charge is -2.22. The van der Waals surface area contributed by atoms with Crippen LogP contribution in [-0.2, 0) is 0 Å². The molecule has 0 radical (unpaired) electrons. The number of carbonyl (C=O) groups excluding carboxylic acids is 1. The van der Waals surface area contributed by atoms with Gasteiger partial charge >= 0.3 is 0 Å². The number of aryl methyl sites for hydroxylation is 1. The highest BCUT2D eigenvalue weighted by molar-refractivity contribution is 6.04. The Kier molecular flexibility index (Phi) is 5.04. The van der Waals surface area contributed by atoms with Crippen LogP contribution in [0, 0.1) is 6.92 Å². The minimum absolute atomic E-state index is 0. The Morgan fingerprint density at radius 3 is 2.93 bits per heavy atom. The Bertz CT molecular complexity index is 1180. The molecule has 3 aromatic heterocycles. The fourth-order valence-electron chi connectivity index (χ4n) is 3.16. The Labute approximate surface area is 172 Å². The van der Waals surface area contributed by atoms with Crippen LogP contribution in [0.3, 0.4) is 0 Å². The first-order valence-electron chi connectivity index (χ1n) is 9.08. The molecule has 0 unspecified atom stereocenters. The molecule has 1 saturated heterocycles. The SMILES string of the molecule is Cc1ccc(-c2noc(C3CNC3)n2)cc1NC(=O)c1cnc2ccccn12.Cl. The summed E-state index contributed by atoms with van der Waals surface area (Å²) >= 11 is 0. The molecule has 8 nitrogen and oxygen atoms in total. The molecule has 1 amide bonds. The fraction of sp³-hybridized carbons (Fsp3) is 0.200. The molecule has 5 rings (SSSR count). The van der Waals surface area contributed by atoms with Crippen molar-refractivity contribution in [2.45, 2.75) is 12.8 Å². The van der Waals surface area contributed by atoms with E-state index in [1.807, 2.05) is 49.5 Å².